The quantitative estimate of drug-likeness (QED) is 0.850. The van der Waals surface area contributed by atoms with Crippen molar-refractivity contribution in [1.82, 2.24) is 4.98 Å². The van der Waals surface area contributed by atoms with Gasteiger partial charge in [-0.15, -0.1) is 0 Å². The van der Waals surface area contributed by atoms with Crippen LogP contribution in [0.2, 0.25) is 0 Å². The van der Waals surface area contributed by atoms with Gasteiger partial charge in [-0.05, 0) is 18.9 Å². The van der Waals surface area contributed by atoms with Crippen LogP contribution < -0.4 is 4.74 Å². The van der Waals surface area contributed by atoms with Crippen molar-refractivity contribution >= 4 is 0 Å². The number of aliphatic hydroxyl groups is 1. The Kier molecular flexibility index (Phi) is 4.77. The van der Waals surface area contributed by atoms with Crippen LogP contribution in [0.5, 0.6) is 5.75 Å². The molecule has 4 heteroatoms. The van der Waals surface area contributed by atoms with Gasteiger partial charge < -0.3 is 14.6 Å². The predicted octanol–water partition coefficient (Wildman–Crippen LogP) is 2.86. The second-order valence-corrected chi connectivity index (χ2v) is 5.24. The van der Waals surface area contributed by atoms with E-state index in [1.165, 1.54) is 12.8 Å². The molecule has 0 amide bonds. The Morgan fingerprint density at radius 1 is 1.16 bits per heavy atom. The zero-order chi connectivity index (χ0) is 13.7. The first-order valence-corrected chi connectivity index (χ1v) is 6.94. The summed E-state index contributed by atoms with van der Waals surface area (Å²) in [4.78, 5) is 4.12. The van der Waals surface area contributed by atoms with Gasteiger partial charge in [-0.25, -0.2) is 0 Å². The molecule has 0 aliphatic heterocycles. The van der Waals surface area contributed by atoms with Crippen molar-refractivity contribution in [2.45, 2.75) is 50.2 Å². The first-order valence-electron chi connectivity index (χ1n) is 6.94. The highest BCUT2D eigenvalue weighted by atomic mass is 16.5. The third-order valence-electron chi connectivity index (χ3n) is 4.14. The standard InChI is InChI=1S/C15H23NO3/c1-18-13-9-12(10-16-11-13)14(17)15(19-2)7-5-3-4-6-8-15/h9-11,14,17H,3-8H2,1-2H3. The number of aliphatic hydroxyl groups excluding tert-OH is 1. The lowest BCUT2D eigenvalue weighted by molar-refractivity contribution is -0.114. The van der Waals surface area contributed by atoms with Crippen LogP contribution in [-0.4, -0.2) is 29.9 Å². The van der Waals surface area contributed by atoms with Crippen LogP contribution in [-0.2, 0) is 4.74 Å². The minimum Gasteiger partial charge on any atom is -0.495 e. The van der Waals surface area contributed by atoms with E-state index < -0.39 is 11.7 Å². The summed E-state index contributed by atoms with van der Waals surface area (Å²) in [6, 6.07) is 1.84. The van der Waals surface area contributed by atoms with E-state index in [0.717, 1.165) is 31.2 Å². The van der Waals surface area contributed by atoms with Crippen molar-refractivity contribution in [3.63, 3.8) is 0 Å². The molecule has 1 aliphatic rings. The molecule has 1 heterocycles. The zero-order valence-electron chi connectivity index (χ0n) is 11.8. The van der Waals surface area contributed by atoms with Gasteiger partial charge in [0, 0.05) is 18.9 Å². The maximum Gasteiger partial charge on any atom is 0.137 e. The average Bonchev–Trinajstić information content (AvgIpc) is 2.73. The van der Waals surface area contributed by atoms with Gasteiger partial charge in [-0.3, -0.25) is 4.98 Å². The number of ether oxygens (including phenoxy) is 2. The smallest absolute Gasteiger partial charge is 0.137 e. The summed E-state index contributed by atoms with van der Waals surface area (Å²) in [5.74, 6) is 0.663. The van der Waals surface area contributed by atoms with E-state index in [2.05, 4.69) is 4.98 Å². The highest BCUT2D eigenvalue weighted by molar-refractivity contribution is 5.27. The molecule has 0 saturated heterocycles. The molecule has 1 aromatic heterocycles. The van der Waals surface area contributed by atoms with Crippen LogP contribution >= 0.6 is 0 Å². The van der Waals surface area contributed by atoms with E-state index in [0.29, 0.717) is 5.75 Å². The van der Waals surface area contributed by atoms with Crippen molar-refractivity contribution < 1.29 is 14.6 Å². The fraction of sp³-hybridized carbons (Fsp3) is 0.667. The van der Waals surface area contributed by atoms with Gasteiger partial charge in [0.2, 0.25) is 0 Å². The van der Waals surface area contributed by atoms with Crippen molar-refractivity contribution in [2.24, 2.45) is 0 Å². The minimum absolute atomic E-state index is 0.482. The van der Waals surface area contributed by atoms with Crippen LogP contribution in [0, 0.1) is 0 Å². The van der Waals surface area contributed by atoms with Gasteiger partial charge in [0.15, 0.2) is 0 Å². The monoisotopic (exact) mass is 265 g/mol. The maximum atomic E-state index is 10.7. The second kappa shape index (κ2) is 6.35. The molecule has 1 atom stereocenters. The van der Waals surface area contributed by atoms with Crippen molar-refractivity contribution in [3.8, 4) is 5.75 Å². The Bertz CT molecular complexity index is 400. The molecular formula is C15H23NO3. The molecule has 0 aromatic carbocycles. The van der Waals surface area contributed by atoms with E-state index >= 15 is 0 Å². The molecule has 4 nitrogen and oxygen atoms in total. The summed E-state index contributed by atoms with van der Waals surface area (Å²) in [5.41, 5.74) is 0.285. The fourth-order valence-electron chi connectivity index (χ4n) is 2.92. The zero-order valence-corrected chi connectivity index (χ0v) is 11.8. The Labute approximate surface area is 114 Å². The second-order valence-electron chi connectivity index (χ2n) is 5.24. The predicted molar refractivity (Wildman–Crippen MR) is 73.2 cm³/mol. The molecule has 2 rings (SSSR count). The largest absolute Gasteiger partial charge is 0.495 e. The van der Waals surface area contributed by atoms with Gasteiger partial charge in [-0.2, -0.15) is 0 Å². The summed E-state index contributed by atoms with van der Waals surface area (Å²) >= 11 is 0. The molecule has 19 heavy (non-hydrogen) atoms. The first-order chi connectivity index (χ1) is 9.22. The van der Waals surface area contributed by atoms with E-state index in [9.17, 15) is 5.11 Å². The fourth-order valence-corrected chi connectivity index (χ4v) is 2.92. The lowest BCUT2D eigenvalue weighted by Gasteiger charge is -2.36. The van der Waals surface area contributed by atoms with Gasteiger partial charge in [0.1, 0.15) is 11.9 Å². The SMILES string of the molecule is COc1cncc(C(O)C2(OC)CCCCCC2)c1. The highest BCUT2D eigenvalue weighted by Crippen LogP contribution is 2.40. The Morgan fingerprint density at radius 2 is 1.84 bits per heavy atom. The van der Waals surface area contributed by atoms with Gasteiger partial charge in [-0.1, -0.05) is 25.7 Å². The summed E-state index contributed by atoms with van der Waals surface area (Å²) in [6.07, 6.45) is 9.09. The Balaban J connectivity index is 2.25. The van der Waals surface area contributed by atoms with E-state index in [1.807, 2.05) is 6.07 Å². The van der Waals surface area contributed by atoms with Crippen molar-refractivity contribution in [3.05, 3.63) is 24.0 Å². The summed E-state index contributed by atoms with van der Waals surface area (Å²) < 4.78 is 10.9. The number of hydrogen-bond donors (Lipinski definition) is 1. The third-order valence-corrected chi connectivity index (χ3v) is 4.14. The van der Waals surface area contributed by atoms with E-state index in [-0.39, 0.29) is 0 Å². The number of aromatic nitrogens is 1. The van der Waals surface area contributed by atoms with Crippen LogP contribution in [0.4, 0.5) is 0 Å². The van der Waals surface area contributed by atoms with E-state index in [4.69, 9.17) is 9.47 Å². The molecule has 1 N–H and O–H groups in total. The number of nitrogens with zero attached hydrogens (tertiary/aromatic N) is 1. The lowest BCUT2D eigenvalue weighted by atomic mass is 9.85. The van der Waals surface area contributed by atoms with Gasteiger partial charge in [0.25, 0.3) is 0 Å². The normalized spacial score (nSPS) is 20.6. The minimum atomic E-state index is -0.654. The van der Waals surface area contributed by atoms with Crippen LogP contribution in [0.3, 0.4) is 0 Å². The Morgan fingerprint density at radius 3 is 2.42 bits per heavy atom. The van der Waals surface area contributed by atoms with Crippen LogP contribution in [0.15, 0.2) is 18.5 Å². The summed E-state index contributed by atoms with van der Waals surface area (Å²) in [7, 11) is 3.30. The molecular weight excluding hydrogens is 242 g/mol. The number of pyridine rings is 1. The molecule has 1 fully saturated rings. The third kappa shape index (κ3) is 3.07. The summed E-state index contributed by atoms with van der Waals surface area (Å²) in [6.45, 7) is 0. The molecule has 1 saturated carbocycles. The first kappa shape index (κ1) is 14.3. The van der Waals surface area contributed by atoms with Gasteiger partial charge >= 0.3 is 0 Å². The molecule has 1 aliphatic carbocycles. The van der Waals surface area contributed by atoms with Crippen molar-refractivity contribution in [2.75, 3.05) is 14.2 Å². The molecule has 0 spiro atoms. The molecule has 106 valence electrons. The number of methoxy groups -OCH3 is 2. The maximum absolute atomic E-state index is 10.7. The number of hydrogen-bond acceptors (Lipinski definition) is 4. The Hall–Kier alpha value is -1.13. The van der Waals surface area contributed by atoms with Crippen LogP contribution in [0.25, 0.3) is 0 Å². The van der Waals surface area contributed by atoms with Gasteiger partial charge in [0.05, 0.1) is 18.9 Å². The molecule has 0 bridgehead atoms. The summed E-state index contributed by atoms with van der Waals surface area (Å²) in [5, 5.41) is 10.7. The van der Waals surface area contributed by atoms with Crippen molar-refractivity contribution in [1.29, 1.82) is 0 Å². The van der Waals surface area contributed by atoms with Crippen LogP contribution in [0.1, 0.15) is 50.2 Å². The topological polar surface area (TPSA) is 51.6 Å². The molecule has 0 radical (unpaired) electrons. The molecule has 1 aromatic rings. The van der Waals surface area contributed by atoms with E-state index in [1.54, 1.807) is 26.6 Å². The molecule has 1 unspecified atom stereocenters. The lowest BCUT2D eigenvalue weighted by Crippen LogP contribution is -2.38. The number of rotatable bonds is 4. The highest BCUT2D eigenvalue weighted by Gasteiger charge is 2.39. The average molecular weight is 265 g/mol.